The minimum Gasteiger partial charge on any atom is -0.423 e. The van der Waals surface area contributed by atoms with Gasteiger partial charge in [-0.15, -0.1) is 0 Å². The van der Waals surface area contributed by atoms with Gasteiger partial charge in [0, 0.05) is 5.57 Å². The molecule has 0 radical (unpaired) electrons. The number of hydrogen-bond acceptors (Lipinski definition) is 4. The predicted octanol–water partition coefficient (Wildman–Crippen LogP) is 1.04. The van der Waals surface area contributed by atoms with Crippen LogP contribution in [-0.4, -0.2) is 28.4 Å². The third-order valence-corrected chi connectivity index (χ3v) is 3.01. The highest BCUT2D eigenvalue weighted by Crippen LogP contribution is 2.37. The maximum absolute atomic E-state index is 11.5. The first-order valence-electron chi connectivity index (χ1n) is 5.67. The SMILES string of the molecule is CCCC=C1OC(=O)C2=C1CC[C@H](O)[C@H]2O. The third kappa shape index (κ3) is 1.79. The zero-order chi connectivity index (χ0) is 11.7. The van der Waals surface area contributed by atoms with Crippen LogP contribution in [0.15, 0.2) is 23.0 Å². The molecule has 2 aliphatic rings. The molecular weight excluding hydrogens is 208 g/mol. The van der Waals surface area contributed by atoms with Gasteiger partial charge in [-0.2, -0.15) is 0 Å². The quantitative estimate of drug-likeness (QED) is 0.688. The monoisotopic (exact) mass is 224 g/mol. The van der Waals surface area contributed by atoms with Crippen LogP contribution < -0.4 is 0 Å². The predicted molar refractivity (Wildman–Crippen MR) is 57.4 cm³/mol. The van der Waals surface area contributed by atoms with E-state index in [-0.39, 0.29) is 5.57 Å². The lowest BCUT2D eigenvalue weighted by Gasteiger charge is -2.22. The molecule has 0 fully saturated rings. The summed E-state index contributed by atoms with van der Waals surface area (Å²) in [5, 5.41) is 19.2. The lowest BCUT2D eigenvalue weighted by Crippen LogP contribution is -2.33. The molecule has 2 atom stereocenters. The van der Waals surface area contributed by atoms with Gasteiger partial charge in [-0.05, 0) is 25.3 Å². The Bertz CT molecular complexity index is 367. The number of carbonyl (C=O) groups is 1. The van der Waals surface area contributed by atoms with Gasteiger partial charge in [0.2, 0.25) is 0 Å². The average molecular weight is 224 g/mol. The Hall–Kier alpha value is -1.13. The van der Waals surface area contributed by atoms with E-state index in [1.54, 1.807) is 0 Å². The Labute approximate surface area is 94.2 Å². The van der Waals surface area contributed by atoms with Gasteiger partial charge in [0.15, 0.2) is 0 Å². The fourth-order valence-electron chi connectivity index (χ4n) is 2.11. The molecule has 0 unspecified atom stereocenters. The molecule has 4 heteroatoms. The standard InChI is InChI=1S/C12H16O4/c1-2-3-4-9-7-5-6-8(13)11(14)10(7)12(15)16-9/h4,8,11,13-14H,2-3,5-6H2,1H3/t8-,11+/m0/s1. The maximum Gasteiger partial charge on any atom is 0.342 e. The molecule has 0 amide bonds. The molecule has 0 aromatic heterocycles. The Morgan fingerprint density at radius 1 is 1.50 bits per heavy atom. The van der Waals surface area contributed by atoms with E-state index in [0.717, 1.165) is 18.4 Å². The van der Waals surface area contributed by atoms with Crippen molar-refractivity contribution in [3.8, 4) is 0 Å². The van der Waals surface area contributed by atoms with E-state index in [2.05, 4.69) is 0 Å². The second-order valence-electron chi connectivity index (χ2n) is 4.19. The number of esters is 1. The normalized spacial score (nSPS) is 31.9. The van der Waals surface area contributed by atoms with Crippen LogP contribution in [0.4, 0.5) is 0 Å². The van der Waals surface area contributed by atoms with E-state index in [1.807, 2.05) is 13.0 Å². The Balaban J connectivity index is 2.31. The fraction of sp³-hybridized carbons (Fsp3) is 0.583. The number of rotatable bonds is 2. The van der Waals surface area contributed by atoms with Crippen LogP contribution in [-0.2, 0) is 9.53 Å². The molecule has 0 aromatic carbocycles. The van der Waals surface area contributed by atoms with Gasteiger partial charge in [0.1, 0.15) is 11.9 Å². The molecule has 1 heterocycles. The van der Waals surface area contributed by atoms with Gasteiger partial charge in [-0.25, -0.2) is 4.79 Å². The van der Waals surface area contributed by atoms with E-state index >= 15 is 0 Å². The fourth-order valence-corrected chi connectivity index (χ4v) is 2.11. The molecule has 0 saturated heterocycles. The molecule has 0 saturated carbocycles. The minimum absolute atomic E-state index is 0.251. The molecule has 0 bridgehead atoms. The Morgan fingerprint density at radius 3 is 2.94 bits per heavy atom. The molecule has 16 heavy (non-hydrogen) atoms. The van der Waals surface area contributed by atoms with Gasteiger partial charge in [-0.3, -0.25) is 0 Å². The van der Waals surface area contributed by atoms with Crippen molar-refractivity contribution in [2.45, 2.75) is 44.8 Å². The molecule has 0 spiro atoms. The molecule has 1 aliphatic carbocycles. The van der Waals surface area contributed by atoms with Crippen molar-refractivity contribution in [2.75, 3.05) is 0 Å². The summed E-state index contributed by atoms with van der Waals surface area (Å²) in [4.78, 5) is 11.5. The van der Waals surface area contributed by atoms with Crippen molar-refractivity contribution in [1.82, 2.24) is 0 Å². The smallest absolute Gasteiger partial charge is 0.342 e. The van der Waals surface area contributed by atoms with Crippen molar-refractivity contribution in [3.05, 3.63) is 23.0 Å². The van der Waals surface area contributed by atoms with Crippen molar-refractivity contribution in [1.29, 1.82) is 0 Å². The highest BCUT2D eigenvalue weighted by atomic mass is 16.5. The summed E-state index contributed by atoms with van der Waals surface area (Å²) in [6.45, 7) is 2.04. The Kier molecular flexibility index (Phi) is 3.12. The van der Waals surface area contributed by atoms with Crippen LogP contribution >= 0.6 is 0 Å². The first-order valence-corrected chi connectivity index (χ1v) is 5.67. The van der Waals surface area contributed by atoms with Crippen LogP contribution in [0.5, 0.6) is 0 Å². The maximum atomic E-state index is 11.5. The number of aliphatic hydroxyl groups is 2. The lowest BCUT2D eigenvalue weighted by molar-refractivity contribution is -0.135. The summed E-state index contributed by atoms with van der Waals surface area (Å²) in [5.41, 5.74) is 1.03. The molecular formula is C12H16O4. The first kappa shape index (κ1) is 11.4. The Morgan fingerprint density at radius 2 is 2.25 bits per heavy atom. The van der Waals surface area contributed by atoms with Gasteiger partial charge in [0.05, 0.1) is 11.7 Å². The number of hydrogen-bond donors (Lipinski definition) is 2. The zero-order valence-electron chi connectivity index (χ0n) is 9.27. The van der Waals surface area contributed by atoms with Gasteiger partial charge >= 0.3 is 5.97 Å². The van der Waals surface area contributed by atoms with Crippen LogP contribution in [0, 0.1) is 0 Å². The molecule has 4 nitrogen and oxygen atoms in total. The third-order valence-electron chi connectivity index (χ3n) is 3.01. The minimum atomic E-state index is -1.09. The summed E-state index contributed by atoms with van der Waals surface area (Å²) in [5.74, 6) is 0.0661. The number of unbranched alkanes of at least 4 members (excludes halogenated alkanes) is 1. The van der Waals surface area contributed by atoms with Gasteiger partial charge in [-0.1, -0.05) is 13.3 Å². The summed E-state index contributed by atoms with van der Waals surface area (Å²) in [6, 6.07) is 0. The highest BCUT2D eigenvalue weighted by Gasteiger charge is 2.40. The average Bonchev–Trinajstić information content (AvgIpc) is 2.58. The second kappa shape index (κ2) is 4.39. The molecule has 2 N–H and O–H groups in total. The number of ether oxygens (including phenoxy) is 1. The van der Waals surface area contributed by atoms with Crippen molar-refractivity contribution in [2.24, 2.45) is 0 Å². The van der Waals surface area contributed by atoms with Crippen LogP contribution in [0.25, 0.3) is 0 Å². The van der Waals surface area contributed by atoms with Crippen molar-refractivity contribution >= 4 is 5.97 Å². The van der Waals surface area contributed by atoms with Crippen molar-refractivity contribution in [3.63, 3.8) is 0 Å². The van der Waals surface area contributed by atoms with E-state index in [0.29, 0.717) is 18.6 Å². The molecule has 1 aliphatic heterocycles. The topological polar surface area (TPSA) is 66.8 Å². The number of carbonyl (C=O) groups excluding carboxylic acids is 1. The van der Waals surface area contributed by atoms with E-state index < -0.39 is 18.2 Å². The van der Waals surface area contributed by atoms with E-state index in [1.165, 1.54) is 0 Å². The molecule has 2 rings (SSSR count). The number of allylic oxidation sites excluding steroid dienone is 2. The largest absolute Gasteiger partial charge is 0.423 e. The zero-order valence-corrected chi connectivity index (χ0v) is 9.27. The molecule has 88 valence electrons. The number of cyclic esters (lactones) is 1. The summed E-state index contributed by atoms with van der Waals surface area (Å²) >= 11 is 0. The first-order chi connectivity index (χ1) is 7.65. The van der Waals surface area contributed by atoms with E-state index in [9.17, 15) is 15.0 Å². The molecule has 0 aromatic rings. The highest BCUT2D eigenvalue weighted by molar-refractivity contribution is 5.96. The second-order valence-corrected chi connectivity index (χ2v) is 4.19. The van der Waals surface area contributed by atoms with E-state index in [4.69, 9.17) is 4.74 Å². The van der Waals surface area contributed by atoms with Gasteiger partial charge < -0.3 is 14.9 Å². The summed E-state index contributed by atoms with van der Waals surface area (Å²) in [7, 11) is 0. The van der Waals surface area contributed by atoms with Crippen molar-refractivity contribution < 1.29 is 19.7 Å². The summed E-state index contributed by atoms with van der Waals surface area (Å²) < 4.78 is 5.11. The lowest BCUT2D eigenvalue weighted by atomic mass is 9.87. The van der Waals surface area contributed by atoms with Crippen LogP contribution in [0.3, 0.4) is 0 Å². The van der Waals surface area contributed by atoms with Crippen LogP contribution in [0.2, 0.25) is 0 Å². The van der Waals surface area contributed by atoms with Crippen LogP contribution in [0.1, 0.15) is 32.6 Å². The van der Waals surface area contributed by atoms with Gasteiger partial charge in [0.25, 0.3) is 0 Å². The number of aliphatic hydroxyl groups excluding tert-OH is 2. The summed E-state index contributed by atoms with van der Waals surface area (Å²) in [6.07, 6.45) is 2.83.